The van der Waals surface area contributed by atoms with Crippen LogP contribution in [0.2, 0.25) is 0 Å². The summed E-state index contributed by atoms with van der Waals surface area (Å²) < 4.78 is 34.7. The van der Waals surface area contributed by atoms with Gasteiger partial charge in [-0.1, -0.05) is 0 Å². The van der Waals surface area contributed by atoms with Gasteiger partial charge < -0.3 is 4.74 Å². The van der Waals surface area contributed by atoms with Crippen molar-refractivity contribution in [1.82, 2.24) is 4.90 Å². The van der Waals surface area contributed by atoms with Gasteiger partial charge in [0.1, 0.15) is 0 Å². The van der Waals surface area contributed by atoms with Crippen LogP contribution >= 0.6 is 0 Å². The summed E-state index contributed by atoms with van der Waals surface area (Å²) in [6.07, 6.45) is 0.475. The Morgan fingerprint density at radius 2 is 2.29 bits per heavy atom. The number of morpholine rings is 1. The minimum Gasteiger partial charge on any atom is -0.379 e. The van der Waals surface area contributed by atoms with E-state index in [2.05, 4.69) is 4.90 Å². The number of nitrogens with zero attached hydrogens (tertiary/aromatic N) is 1. The van der Waals surface area contributed by atoms with Gasteiger partial charge >= 0.3 is 0 Å². The third-order valence-corrected chi connectivity index (χ3v) is 3.16. The highest BCUT2D eigenvalue weighted by atomic mass is 32.2. The largest absolute Gasteiger partial charge is 0.379 e. The zero-order valence-corrected chi connectivity index (χ0v) is 9.16. The third-order valence-electron chi connectivity index (χ3n) is 2.35. The van der Waals surface area contributed by atoms with Crippen LogP contribution in [0.5, 0.6) is 0 Å². The second-order valence-electron chi connectivity index (χ2n) is 3.60. The van der Waals surface area contributed by atoms with E-state index in [0.717, 1.165) is 6.54 Å². The van der Waals surface area contributed by atoms with Crippen LogP contribution in [0.25, 0.3) is 0 Å². The van der Waals surface area contributed by atoms with Crippen LogP contribution in [0.3, 0.4) is 0 Å². The smallest absolute Gasteiger partial charge is 0.264 e. The zero-order valence-electron chi connectivity index (χ0n) is 8.35. The summed E-state index contributed by atoms with van der Waals surface area (Å²) in [5.41, 5.74) is 0. The van der Waals surface area contributed by atoms with E-state index >= 15 is 0 Å². The van der Waals surface area contributed by atoms with Crippen molar-refractivity contribution < 1.29 is 17.7 Å². The van der Waals surface area contributed by atoms with Gasteiger partial charge in [-0.3, -0.25) is 9.45 Å². The first-order chi connectivity index (χ1) is 6.49. The predicted octanol–water partition coefficient (Wildman–Crippen LogP) is -0.0150. The molecule has 0 aromatic carbocycles. The van der Waals surface area contributed by atoms with Crippen molar-refractivity contribution in [3.63, 3.8) is 0 Å². The number of hydrogen-bond donors (Lipinski definition) is 1. The monoisotopic (exact) mass is 223 g/mol. The van der Waals surface area contributed by atoms with Crippen LogP contribution in [0.1, 0.15) is 13.3 Å². The van der Waals surface area contributed by atoms with Crippen LogP contribution < -0.4 is 0 Å². The van der Waals surface area contributed by atoms with Gasteiger partial charge in [0.15, 0.2) is 0 Å². The summed E-state index contributed by atoms with van der Waals surface area (Å²) >= 11 is 0. The number of ether oxygens (including phenoxy) is 1. The Labute approximate surface area is 84.8 Å². The highest BCUT2D eigenvalue weighted by Gasteiger charge is 2.18. The van der Waals surface area contributed by atoms with Crippen molar-refractivity contribution in [3.8, 4) is 0 Å². The molecule has 1 rings (SSSR count). The fourth-order valence-corrected chi connectivity index (χ4v) is 2.04. The topological polar surface area (TPSA) is 66.8 Å². The van der Waals surface area contributed by atoms with Crippen LogP contribution in [0.15, 0.2) is 0 Å². The molecule has 14 heavy (non-hydrogen) atoms. The Bertz CT molecular complexity index is 265. The molecule has 0 amide bonds. The summed E-state index contributed by atoms with van der Waals surface area (Å²) in [6.45, 7) is 4.99. The molecular formula is C8H17NO4S. The van der Waals surface area contributed by atoms with Gasteiger partial charge in [0.05, 0.1) is 19.0 Å². The lowest BCUT2D eigenvalue weighted by Gasteiger charge is -2.32. The third kappa shape index (κ3) is 4.36. The van der Waals surface area contributed by atoms with Crippen molar-refractivity contribution in [2.24, 2.45) is 0 Å². The molecule has 0 bridgehead atoms. The van der Waals surface area contributed by atoms with Gasteiger partial charge in [0.2, 0.25) is 0 Å². The van der Waals surface area contributed by atoms with Gasteiger partial charge in [0, 0.05) is 12.6 Å². The maximum atomic E-state index is 10.5. The van der Waals surface area contributed by atoms with E-state index in [1.165, 1.54) is 0 Å². The van der Waals surface area contributed by atoms with Gasteiger partial charge in [0.25, 0.3) is 10.1 Å². The van der Waals surface area contributed by atoms with E-state index in [0.29, 0.717) is 32.2 Å². The quantitative estimate of drug-likeness (QED) is 0.679. The lowest BCUT2D eigenvalue weighted by Crippen LogP contribution is -2.44. The van der Waals surface area contributed by atoms with Gasteiger partial charge in [-0.15, -0.1) is 0 Å². The summed E-state index contributed by atoms with van der Waals surface area (Å²) in [5.74, 6) is -0.156. The maximum absolute atomic E-state index is 10.5. The molecule has 0 aromatic rings. The minimum absolute atomic E-state index is 0.156. The van der Waals surface area contributed by atoms with Gasteiger partial charge in [-0.25, -0.2) is 0 Å². The molecule has 1 aliphatic rings. The van der Waals surface area contributed by atoms with E-state index in [9.17, 15) is 8.42 Å². The van der Waals surface area contributed by atoms with E-state index in [1.807, 2.05) is 6.92 Å². The molecule has 1 N–H and O–H groups in total. The molecule has 1 atom stereocenters. The Balaban J connectivity index is 2.23. The molecule has 6 heteroatoms. The van der Waals surface area contributed by atoms with Gasteiger partial charge in [-0.2, -0.15) is 8.42 Å². The molecule has 0 aliphatic carbocycles. The van der Waals surface area contributed by atoms with Gasteiger partial charge in [-0.05, 0) is 19.9 Å². The highest BCUT2D eigenvalue weighted by molar-refractivity contribution is 7.85. The molecule has 1 unspecified atom stereocenters. The number of hydrogen-bond acceptors (Lipinski definition) is 4. The van der Waals surface area contributed by atoms with E-state index in [4.69, 9.17) is 9.29 Å². The first-order valence-corrected chi connectivity index (χ1v) is 6.37. The first-order valence-electron chi connectivity index (χ1n) is 4.76. The molecule has 0 saturated carbocycles. The molecule has 0 spiro atoms. The molecule has 1 saturated heterocycles. The van der Waals surface area contributed by atoms with Crippen molar-refractivity contribution in [2.75, 3.05) is 32.1 Å². The molecule has 5 nitrogen and oxygen atoms in total. The Hall–Kier alpha value is -0.170. The van der Waals surface area contributed by atoms with Crippen molar-refractivity contribution in [2.45, 2.75) is 19.4 Å². The van der Waals surface area contributed by atoms with Crippen LogP contribution in [-0.2, 0) is 14.9 Å². The molecule has 1 fully saturated rings. The Kier molecular flexibility index (Phi) is 4.31. The zero-order chi connectivity index (χ0) is 10.6. The summed E-state index contributed by atoms with van der Waals surface area (Å²) in [6, 6.07) is 0.338. The molecule has 0 radical (unpaired) electrons. The molecule has 1 aliphatic heterocycles. The lowest BCUT2D eigenvalue weighted by atomic mass is 10.2. The summed E-state index contributed by atoms with van der Waals surface area (Å²) in [4.78, 5) is 2.18. The van der Waals surface area contributed by atoms with Crippen LogP contribution in [0, 0.1) is 0 Å². The Morgan fingerprint density at radius 1 is 1.57 bits per heavy atom. The number of rotatable bonds is 4. The summed E-state index contributed by atoms with van der Waals surface area (Å²) in [7, 11) is -3.80. The highest BCUT2D eigenvalue weighted by Crippen LogP contribution is 2.06. The van der Waals surface area contributed by atoms with Crippen molar-refractivity contribution >= 4 is 10.1 Å². The summed E-state index contributed by atoms with van der Waals surface area (Å²) in [5, 5.41) is 0. The lowest BCUT2D eigenvalue weighted by molar-refractivity contribution is -0.0000313. The van der Waals surface area contributed by atoms with Crippen molar-refractivity contribution in [3.05, 3.63) is 0 Å². The SMILES string of the molecule is CC1COCCN1CCCS(=O)(=O)O. The molecular weight excluding hydrogens is 206 g/mol. The average molecular weight is 223 g/mol. The van der Waals surface area contributed by atoms with E-state index < -0.39 is 10.1 Å². The fourth-order valence-electron chi connectivity index (χ4n) is 1.54. The molecule has 0 aromatic heterocycles. The predicted molar refractivity (Wildman–Crippen MR) is 52.9 cm³/mol. The van der Waals surface area contributed by atoms with Crippen LogP contribution in [0.4, 0.5) is 0 Å². The first kappa shape index (κ1) is 11.9. The Morgan fingerprint density at radius 3 is 2.86 bits per heavy atom. The standard InChI is InChI=1S/C8H17NO4S/c1-8-7-13-5-4-9(8)3-2-6-14(10,11)12/h8H,2-7H2,1H3,(H,10,11,12). The second kappa shape index (κ2) is 5.06. The fraction of sp³-hybridized carbons (Fsp3) is 1.00. The van der Waals surface area contributed by atoms with E-state index in [-0.39, 0.29) is 5.75 Å². The maximum Gasteiger partial charge on any atom is 0.264 e. The van der Waals surface area contributed by atoms with Crippen LogP contribution in [-0.4, -0.2) is 56.0 Å². The molecule has 1 heterocycles. The minimum atomic E-state index is -3.80. The molecule has 84 valence electrons. The second-order valence-corrected chi connectivity index (χ2v) is 5.17. The normalized spacial score (nSPS) is 25.1. The van der Waals surface area contributed by atoms with Crippen molar-refractivity contribution in [1.29, 1.82) is 0 Å². The average Bonchev–Trinajstić information content (AvgIpc) is 2.06. The van der Waals surface area contributed by atoms with E-state index in [1.54, 1.807) is 0 Å².